The molecule has 0 bridgehead atoms. The number of hydrogen-bond acceptors (Lipinski definition) is 4. The van der Waals surface area contributed by atoms with Crippen molar-refractivity contribution in [3.8, 4) is 0 Å². The van der Waals surface area contributed by atoms with Crippen LogP contribution in [0.2, 0.25) is 0 Å². The van der Waals surface area contributed by atoms with E-state index in [2.05, 4.69) is 32.7 Å². The molecule has 0 aromatic carbocycles. The Kier molecular flexibility index (Phi) is 7.86. The highest BCUT2D eigenvalue weighted by Gasteiger charge is 2.13. The topological polar surface area (TPSA) is 76.4 Å². The van der Waals surface area contributed by atoms with Crippen molar-refractivity contribution in [1.82, 2.24) is 25.4 Å². The molecule has 0 saturated heterocycles. The van der Waals surface area contributed by atoms with E-state index in [-0.39, 0.29) is 0 Å². The highest BCUT2D eigenvalue weighted by molar-refractivity contribution is 5.79. The summed E-state index contributed by atoms with van der Waals surface area (Å²) < 4.78 is 7.94. The second-order valence-corrected chi connectivity index (χ2v) is 5.87. The second-order valence-electron chi connectivity index (χ2n) is 5.87. The van der Waals surface area contributed by atoms with Crippen LogP contribution in [-0.2, 0) is 17.8 Å². The zero-order chi connectivity index (χ0) is 16.3. The number of rotatable bonds is 8. The third-order valence-electron chi connectivity index (χ3n) is 4.19. The van der Waals surface area contributed by atoms with Crippen molar-refractivity contribution >= 4 is 5.96 Å². The predicted molar refractivity (Wildman–Crippen MR) is 91.3 cm³/mol. The van der Waals surface area contributed by atoms with E-state index >= 15 is 0 Å². The van der Waals surface area contributed by atoms with Gasteiger partial charge in [-0.3, -0.25) is 4.99 Å². The van der Waals surface area contributed by atoms with Crippen LogP contribution in [0.5, 0.6) is 0 Å². The predicted octanol–water partition coefficient (Wildman–Crippen LogP) is 1.70. The number of hydrogen-bond donors (Lipinski definition) is 2. The Bertz CT molecular complexity index is 467. The van der Waals surface area contributed by atoms with Crippen LogP contribution in [0, 0.1) is 0 Å². The van der Waals surface area contributed by atoms with Gasteiger partial charge >= 0.3 is 0 Å². The summed E-state index contributed by atoms with van der Waals surface area (Å²) in [5, 5.41) is 14.6. The fraction of sp³-hybridized carbons (Fsp3) is 0.812. The van der Waals surface area contributed by atoms with Gasteiger partial charge < -0.3 is 19.9 Å². The van der Waals surface area contributed by atoms with Gasteiger partial charge in [0.25, 0.3) is 0 Å². The van der Waals surface area contributed by atoms with Crippen molar-refractivity contribution in [3.05, 3.63) is 12.2 Å². The summed E-state index contributed by atoms with van der Waals surface area (Å²) in [6.45, 7) is 5.23. The number of nitrogens with one attached hydrogen (secondary N) is 2. The van der Waals surface area contributed by atoms with E-state index in [1.54, 1.807) is 13.4 Å². The van der Waals surface area contributed by atoms with Gasteiger partial charge in [-0.05, 0) is 26.2 Å². The maximum atomic E-state index is 5.93. The lowest BCUT2D eigenvalue weighted by Gasteiger charge is -2.22. The zero-order valence-corrected chi connectivity index (χ0v) is 14.4. The molecule has 2 N–H and O–H groups in total. The SMILES string of the molecule is CCn1cnnc1CNC(=NC)NCCCOC1CCCCC1. The number of aliphatic imine (C=N–C) groups is 1. The van der Waals surface area contributed by atoms with Gasteiger partial charge in [0.05, 0.1) is 12.6 Å². The van der Waals surface area contributed by atoms with E-state index in [0.717, 1.165) is 37.9 Å². The molecular weight excluding hydrogens is 292 g/mol. The molecule has 0 atom stereocenters. The molecule has 0 amide bonds. The largest absolute Gasteiger partial charge is 0.378 e. The number of ether oxygens (including phenoxy) is 1. The Morgan fingerprint density at radius 3 is 2.91 bits per heavy atom. The van der Waals surface area contributed by atoms with E-state index in [0.29, 0.717) is 12.6 Å². The third-order valence-corrected chi connectivity index (χ3v) is 4.19. The molecule has 23 heavy (non-hydrogen) atoms. The molecule has 1 heterocycles. The average molecular weight is 322 g/mol. The summed E-state index contributed by atoms with van der Waals surface area (Å²) in [4.78, 5) is 4.23. The molecule has 0 spiro atoms. The maximum Gasteiger partial charge on any atom is 0.191 e. The summed E-state index contributed by atoms with van der Waals surface area (Å²) in [5.41, 5.74) is 0. The molecule has 7 nitrogen and oxygen atoms in total. The van der Waals surface area contributed by atoms with E-state index in [1.165, 1.54) is 32.1 Å². The molecule has 7 heteroatoms. The molecule has 1 aromatic heterocycles. The molecule has 0 radical (unpaired) electrons. The molecule has 0 unspecified atom stereocenters. The smallest absolute Gasteiger partial charge is 0.191 e. The minimum absolute atomic E-state index is 0.488. The Hall–Kier alpha value is -1.63. The number of aryl methyl sites for hydroxylation is 1. The van der Waals surface area contributed by atoms with Crippen LogP contribution < -0.4 is 10.6 Å². The van der Waals surface area contributed by atoms with Crippen LogP contribution in [0.15, 0.2) is 11.3 Å². The molecule has 1 fully saturated rings. The van der Waals surface area contributed by atoms with E-state index in [9.17, 15) is 0 Å². The first-order valence-electron chi connectivity index (χ1n) is 8.76. The van der Waals surface area contributed by atoms with Gasteiger partial charge in [0.1, 0.15) is 6.33 Å². The quantitative estimate of drug-likeness (QED) is 0.433. The van der Waals surface area contributed by atoms with E-state index in [1.807, 2.05) is 4.57 Å². The summed E-state index contributed by atoms with van der Waals surface area (Å²) in [6.07, 6.45) is 9.70. The van der Waals surface area contributed by atoms with Crippen LogP contribution in [0.4, 0.5) is 0 Å². The fourth-order valence-electron chi connectivity index (χ4n) is 2.82. The third kappa shape index (κ3) is 6.17. The van der Waals surface area contributed by atoms with Crippen LogP contribution in [0.1, 0.15) is 51.3 Å². The summed E-state index contributed by atoms with van der Waals surface area (Å²) >= 11 is 0. The van der Waals surface area contributed by atoms with Gasteiger partial charge in [-0.1, -0.05) is 19.3 Å². The molecular formula is C16H30N6O. The van der Waals surface area contributed by atoms with Gasteiger partial charge in [0.2, 0.25) is 0 Å². The monoisotopic (exact) mass is 322 g/mol. The molecule has 1 aromatic rings. The van der Waals surface area contributed by atoms with Crippen molar-refractivity contribution in [2.24, 2.45) is 4.99 Å². The highest BCUT2D eigenvalue weighted by Crippen LogP contribution is 2.20. The van der Waals surface area contributed by atoms with Crippen LogP contribution >= 0.6 is 0 Å². The standard InChI is InChI=1S/C16H30N6O/c1-3-22-13-20-21-15(22)12-19-16(17-2)18-10-7-11-23-14-8-5-4-6-9-14/h13-14H,3-12H2,1-2H3,(H2,17,18,19). The van der Waals surface area contributed by atoms with E-state index in [4.69, 9.17) is 4.74 Å². The molecule has 1 saturated carbocycles. The Morgan fingerprint density at radius 1 is 1.35 bits per heavy atom. The van der Waals surface area contributed by atoms with Gasteiger partial charge in [-0.2, -0.15) is 0 Å². The molecule has 130 valence electrons. The van der Waals surface area contributed by atoms with Crippen molar-refractivity contribution in [2.45, 2.75) is 64.6 Å². The first-order chi connectivity index (χ1) is 11.3. The Balaban J connectivity index is 1.57. The second kappa shape index (κ2) is 10.2. The maximum absolute atomic E-state index is 5.93. The van der Waals surface area contributed by atoms with Crippen molar-refractivity contribution in [2.75, 3.05) is 20.2 Å². The minimum Gasteiger partial charge on any atom is -0.378 e. The van der Waals surface area contributed by atoms with Crippen molar-refractivity contribution in [1.29, 1.82) is 0 Å². The Labute approximate surface area is 138 Å². The first-order valence-corrected chi connectivity index (χ1v) is 8.76. The summed E-state index contributed by atoms with van der Waals surface area (Å²) in [5.74, 6) is 1.70. The number of nitrogens with zero attached hydrogens (tertiary/aromatic N) is 4. The van der Waals surface area contributed by atoms with Crippen molar-refractivity contribution < 1.29 is 4.74 Å². The summed E-state index contributed by atoms with van der Waals surface area (Å²) in [7, 11) is 1.78. The highest BCUT2D eigenvalue weighted by atomic mass is 16.5. The molecule has 0 aliphatic heterocycles. The number of guanidine groups is 1. The van der Waals surface area contributed by atoms with Gasteiger partial charge in [0, 0.05) is 26.7 Å². The molecule has 2 rings (SSSR count). The number of aromatic nitrogens is 3. The molecule has 1 aliphatic rings. The summed E-state index contributed by atoms with van der Waals surface area (Å²) in [6, 6.07) is 0. The Morgan fingerprint density at radius 2 is 2.17 bits per heavy atom. The van der Waals surface area contributed by atoms with E-state index < -0.39 is 0 Å². The van der Waals surface area contributed by atoms with Crippen molar-refractivity contribution in [3.63, 3.8) is 0 Å². The zero-order valence-electron chi connectivity index (χ0n) is 14.4. The molecule has 1 aliphatic carbocycles. The fourth-order valence-corrected chi connectivity index (χ4v) is 2.82. The van der Waals surface area contributed by atoms with Gasteiger partial charge in [-0.25, -0.2) is 0 Å². The normalized spacial score (nSPS) is 16.5. The minimum atomic E-state index is 0.488. The van der Waals surface area contributed by atoms with Gasteiger partial charge in [0.15, 0.2) is 11.8 Å². The van der Waals surface area contributed by atoms with Crippen LogP contribution in [-0.4, -0.2) is 47.0 Å². The lowest BCUT2D eigenvalue weighted by atomic mass is 9.98. The van der Waals surface area contributed by atoms with Crippen LogP contribution in [0.3, 0.4) is 0 Å². The lowest BCUT2D eigenvalue weighted by Crippen LogP contribution is -2.38. The van der Waals surface area contributed by atoms with Crippen LogP contribution in [0.25, 0.3) is 0 Å². The average Bonchev–Trinajstić information content (AvgIpc) is 3.06. The first kappa shape index (κ1) is 17.7. The van der Waals surface area contributed by atoms with Gasteiger partial charge in [-0.15, -0.1) is 10.2 Å². The lowest BCUT2D eigenvalue weighted by molar-refractivity contribution is 0.0277.